The first-order valence-corrected chi connectivity index (χ1v) is 3.49. The Morgan fingerprint density at radius 3 is 2.82 bits per heavy atom. The first-order chi connectivity index (χ1) is 5.24. The molecule has 0 aromatic heterocycles. The summed E-state index contributed by atoms with van der Waals surface area (Å²) in [7, 11) is 0. The number of aryl methyl sites for hydroxylation is 1. The molecular formula is C9H10FN. The number of rotatable bonds is 1. The van der Waals surface area contributed by atoms with E-state index in [9.17, 15) is 4.39 Å². The summed E-state index contributed by atoms with van der Waals surface area (Å²) in [6.45, 7) is 3.71. The molecule has 1 rings (SSSR count). The van der Waals surface area contributed by atoms with Gasteiger partial charge in [0.25, 0.3) is 0 Å². The maximum Gasteiger partial charge on any atom is 0.125 e. The van der Waals surface area contributed by atoms with Crippen LogP contribution in [-0.2, 0) is 0 Å². The quantitative estimate of drug-likeness (QED) is 0.547. The van der Waals surface area contributed by atoms with Gasteiger partial charge in [-0.25, -0.2) is 4.39 Å². The predicted molar refractivity (Wildman–Crippen MR) is 45.0 cm³/mol. The molecule has 0 N–H and O–H groups in total. The van der Waals surface area contributed by atoms with Gasteiger partial charge in [0.2, 0.25) is 0 Å². The van der Waals surface area contributed by atoms with E-state index in [0.717, 1.165) is 5.56 Å². The third-order valence-electron chi connectivity index (χ3n) is 1.44. The SMILES string of the molecule is CC=Nc1cc(F)ccc1C. The van der Waals surface area contributed by atoms with Crippen molar-refractivity contribution < 1.29 is 4.39 Å². The topological polar surface area (TPSA) is 12.4 Å². The van der Waals surface area contributed by atoms with E-state index >= 15 is 0 Å². The lowest BCUT2D eigenvalue weighted by atomic mass is 10.2. The van der Waals surface area contributed by atoms with Crippen LogP contribution in [0.2, 0.25) is 0 Å². The molecule has 0 amide bonds. The highest BCUT2D eigenvalue weighted by molar-refractivity contribution is 5.62. The molecule has 0 aliphatic rings. The Kier molecular flexibility index (Phi) is 2.36. The predicted octanol–water partition coefficient (Wildman–Crippen LogP) is 2.86. The summed E-state index contributed by atoms with van der Waals surface area (Å²) >= 11 is 0. The van der Waals surface area contributed by atoms with Crippen LogP contribution in [0.1, 0.15) is 12.5 Å². The molecule has 1 aromatic rings. The van der Waals surface area contributed by atoms with E-state index in [4.69, 9.17) is 0 Å². The fourth-order valence-corrected chi connectivity index (χ4v) is 0.861. The molecule has 0 aliphatic heterocycles. The van der Waals surface area contributed by atoms with Crippen LogP contribution in [0.4, 0.5) is 10.1 Å². The molecule has 0 saturated heterocycles. The van der Waals surface area contributed by atoms with Gasteiger partial charge in [-0.3, -0.25) is 4.99 Å². The summed E-state index contributed by atoms with van der Waals surface area (Å²) in [5.41, 5.74) is 1.69. The summed E-state index contributed by atoms with van der Waals surface area (Å²) in [6, 6.07) is 4.58. The first kappa shape index (κ1) is 7.92. The third kappa shape index (κ3) is 1.87. The van der Waals surface area contributed by atoms with Gasteiger partial charge in [0.15, 0.2) is 0 Å². The monoisotopic (exact) mass is 151 g/mol. The van der Waals surface area contributed by atoms with Gasteiger partial charge >= 0.3 is 0 Å². The first-order valence-electron chi connectivity index (χ1n) is 3.49. The van der Waals surface area contributed by atoms with Gasteiger partial charge in [-0.1, -0.05) is 6.07 Å². The highest BCUT2D eigenvalue weighted by Crippen LogP contribution is 2.18. The summed E-state index contributed by atoms with van der Waals surface area (Å²) < 4.78 is 12.6. The van der Waals surface area contributed by atoms with Crippen LogP contribution >= 0.6 is 0 Å². The van der Waals surface area contributed by atoms with E-state index < -0.39 is 0 Å². The van der Waals surface area contributed by atoms with Crippen LogP contribution in [0, 0.1) is 12.7 Å². The lowest BCUT2D eigenvalue weighted by Gasteiger charge is -1.97. The molecule has 11 heavy (non-hydrogen) atoms. The Hall–Kier alpha value is -1.18. The fourth-order valence-electron chi connectivity index (χ4n) is 0.861. The van der Waals surface area contributed by atoms with Crippen LogP contribution < -0.4 is 0 Å². The Morgan fingerprint density at radius 2 is 2.18 bits per heavy atom. The van der Waals surface area contributed by atoms with Crippen LogP contribution in [0.5, 0.6) is 0 Å². The van der Waals surface area contributed by atoms with E-state index in [1.807, 2.05) is 13.8 Å². The van der Waals surface area contributed by atoms with Gasteiger partial charge in [0.05, 0.1) is 5.69 Å². The molecule has 0 bridgehead atoms. The van der Waals surface area contributed by atoms with E-state index in [0.29, 0.717) is 5.69 Å². The number of aliphatic imine (C=N–C) groups is 1. The molecule has 0 unspecified atom stereocenters. The Bertz CT molecular complexity index is 279. The summed E-state index contributed by atoms with van der Waals surface area (Å²) in [4.78, 5) is 4.00. The van der Waals surface area contributed by atoms with Gasteiger partial charge in [-0.05, 0) is 31.5 Å². The fraction of sp³-hybridized carbons (Fsp3) is 0.222. The van der Waals surface area contributed by atoms with Crippen LogP contribution in [0.15, 0.2) is 23.2 Å². The summed E-state index contributed by atoms with van der Waals surface area (Å²) in [5.74, 6) is -0.240. The largest absolute Gasteiger partial charge is 0.261 e. The minimum absolute atomic E-state index is 0.240. The average molecular weight is 151 g/mol. The lowest BCUT2D eigenvalue weighted by Crippen LogP contribution is -1.77. The Labute approximate surface area is 65.6 Å². The number of halogens is 1. The van der Waals surface area contributed by atoms with Crippen molar-refractivity contribution >= 4 is 11.9 Å². The molecule has 1 nitrogen and oxygen atoms in total. The van der Waals surface area contributed by atoms with Crippen molar-refractivity contribution in [1.82, 2.24) is 0 Å². The minimum Gasteiger partial charge on any atom is -0.261 e. The van der Waals surface area contributed by atoms with Crippen LogP contribution in [-0.4, -0.2) is 6.21 Å². The molecule has 1 aromatic carbocycles. The van der Waals surface area contributed by atoms with E-state index in [1.54, 1.807) is 12.3 Å². The number of hydrogen-bond acceptors (Lipinski definition) is 1. The lowest BCUT2D eigenvalue weighted by molar-refractivity contribution is 0.628. The van der Waals surface area contributed by atoms with Crippen molar-refractivity contribution in [1.29, 1.82) is 0 Å². The Morgan fingerprint density at radius 1 is 1.45 bits per heavy atom. The van der Waals surface area contributed by atoms with E-state index in [2.05, 4.69) is 4.99 Å². The molecule has 0 spiro atoms. The van der Waals surface area contributed by atoms with Gasteiger partial charge in [-0.15, -0.1) is 0 Å². The van der Waals surface area contributed by atoms with Crippen molar-refractivity contribution in [2.45, 2.75) is 13.8 Å². The molecular weight excluding hydrogens is 141 g/mol. The minimum atomic E-state index is -0.240. The Balaban J connectivity index is 3.12. The molecule has 0 heterocycles. The molecule has 0 aliphatic carbocycles. The van der Waals surface area contributed by atoms with Crippen molar-refractivity contribution in [3.63, 3.8) is 0 Å². The molecule has 0 saturated carbocycles. The highest BCUT2D eigenvalue weighted by atomic mass is 19.1. The van der Waals surface area contributed by atoms with Gasteiger partial charge < -0.3 is 0 Å². The van der Waals surface area contributed by atoms with Crippen molar-refractivity contribution in [2.75, 3.05) is 0 Å². The smallest absolute Gasteiger partial charge is 0.125 e. The maximum atomic E-state index is 12.6. The van der Waals surface area contributed by atoms with Crippen LogP contribution in [0.3, 0.4) is 0 Å². The van der Waals surface area contributed by atoms with E-state index in [-0.39, 0.29) is 5.82 Å². The highest BCUT2D eigenvalue weighted by Gasteiger charge is 1.95. The van der Waals surface area contributed by atoms with E-state index in [1.165, 1.54) is 12.1 Å². The van der Waals surface area contributed by atoms with Gasteiger partial charge in [0, 0.05) is 6.21 Å². The second-order valence-electron chi connectivity index (χ2n) is 2.32. The number of benzene rings is 1. The van der Waals surface area contributed by atoms with Crippen molar-refractivity contribution in [3.05, 3.63) is 29.6 Å². The summed E-state index contributed by atoms with van der Waals surface area (Å²) in [5, 5.41) is 0. The second-order valence-corrected chi connectivity index (χ2v) is 2.32. The van der Waals surface area contributed by atoms with Gasteiger partial charge in [0.1, 0.15) is 5.82 Å². The number of hydrogen-bond donors (Lipinski definition) is 0. The maximum absolute atomic E-state index is 12.6. The third-order valence-corrected chi connectivity index (χ3v) is 1.44. The molecule has 0 fully saturated rings. The second kappa shape index (κ2) is 3.28. The molecule has 2 heteroatoms. The normalized spacial score (nSPS) is 10.8. The average Bonchev–Trinajstić information content (AvgIpc) is 1.98. The zero-order valence-electron chi connectivity index (χ0n) is 6.63. The number of nitrogens with zero attached hydrogens (tertiary/aromatic N) is 1. The zero-order valence-corrected chi connectivity index (χ0v) is 6.63. The molecule has 0 atom stereocenters. The zero-order chi connectivity index (χ0) is 8.27. The van der Waals surface area contributed by atoms with Gasteiger partial charge in [-0.2, -0.15) is 0 Å². The van der Waals surface area contributed by atoms with Crippen molar-refractivity contribution in [2.24, 2.45) is 4.99 Å². The molecule has 0 radical (unpaired) electrons. The molecule has 58 valence electrons. The standard InChI is InChI=1S/C9H10FN/c1-3-11-9-6-8(10)5-4-7(9)2/h3-6H,1-2H3. The van der Waals surface area contributed by atoms with Crippen LogP contribution in [0.25, 0.3) is 0 Å². The summed E-state index contributed by atoms with van der Waals surface area (Å²) in [6.07, 6.45) is 1.65. The van der Waals surface area contributed by atoms with Crippen molar-refractivity contribution in [3.8, 4) is 0 Å².